The molecule has 1 aliphatic rings. The number of hydrogen-bond donors (Lipinski definition) is 3. The van der Waals surface area contributed by atoms with Gasteiger partial charge < -0.3 is 11.1 Å². The molecule has 0 aromatic carbocycles. The van der Waals surface area contributed by atoms with E-state index in [-0.39, 0.29) is 34.7 Å². The number of likely N-dealkylation sites (tertiary alicyclic amines) is 1. The second kappa shape index (κ2) is 10.9. The van der Waals surface area contributed by atoms with Gasteiger partial charge >= 0.3 is 0 Å². The summed E-state index contributed by atoms with van der Waals surface area (Å²) < 4.78 is 27.2. The molecular formula is C14H25ClIN5O2S2. The van der Waals surface area contributed by atoms with Crippen LogP contribution in [0.5, 0.6) is 0 Å². The maximum absolute atomic E-state index is 12.0. The summed E-state index contributed by atoms with van der Waals surface area (Å²) >= 11 is 6.78. The van der Waals surface area contributed by atoms with Crippen LogP contribution in [0.3, 0.4) is 0 Å². The van der Waals surface area contributed by atoms with Crippen LogP contribution in [0.25, 0.3) is 0 Å². The lowest BCUT2D eigenvalue weighted by molar-refractivity contribution is 0.273. The topological polar surface area (TPSA) is 99.8 Å². The highest BCUT2D eigenvalue weighted by Crippen LogP contribution is 2.25. The molecule has 0 amide bonds. The van der Waals surface area contributed by atoms with Gasteiger partial charge in [-0.25, -0.2) is 13.1 Å². The average Bonchev–Trinajstić information content (AvgIpc) is 3.18. The van der Waals surface area contributed by atoms with E-state index >= 15 is 0 Å². The predicted molar refractivity (Wildman–Crippen MR) is 115 cm³/mol. The minimum Gasteiger partial charge on any atom is -0.370 e. The maximum Gasteiger partial charge on any atom is 0.250 e. The Hall–Kier alpha value is -0.140. The van der Waals surface area contributed by atoms with Crippen LogP contribution in [-0.4, -0.2) is 58.0 Å². The maximum atomic E-state index is 12.0. The summed E-state index contributed by atoms with van der Waals surface area (Å²) in [5, 5.41) is 2.93. The number of likely N-dealkylation sites (N-methyl/N-ethyl adjacent to an activating group) is 1. The van der Waals surface area contributed by atoms with Crippen LogP contribution >= 0.6 is 46.9 Å². The molecule has 1 aromatic rings. The van der Waals surface area contributed by atoms with E-state index < -0.39 is 10.0 Å². The summed E-state index contributed by atoms with van der Waals surface area (Å²) in [7, 11) is -3.52. The van der Waals surface area contributed by atoms with Crippen LogP contribution < -0.4 is 15.8 Å². The Bertz CT molecular complexity index is 668. The van der Waals surface area contributed by atoms with E-state index in [1.807, 2.05) is 0 Å². The van der Waals surface area contributed by atoms with Crippen molar-refractivity contribution in [3.63, 3.8) is 0 Å². The van der Waals surface area contributed by atoms with Crippen molar-refractivity contribution < 1.29 is 8.42 Å². The van der Waals surface area contributed by atoms with Gasteiger partial charge in [-0.1, -0.05) is 18.5 Å². The molecular weight excluding hydrogens is 497 g/mol. The molecule has 0 radical (unpaired) electrons. The fourth-order valence-electron chi connectivity index (χ4n) is 2.67. The molecule has 1 aromatic heterocycles. The summed E-state index contributed by atoms with van der Waals surface area (Å²) in [6.07, 6.45) is 2.35. The Kier molecular flexibility index (Phi) is 9.96. The molecule has 144 valence electrons. The average molecular weight is 522 g/mol. The molecule has 0 aliphatic carbocycles. The van der Waals surface area contributed by atoms with Crippen molar-refractivity contribution in [3.05, 3.63) is 16.5 Å². The number of halogens is 2. The zero-order chi connectivity index (χ0) is 17.6. The second-order valence-corrected chi connectivity index (χ2v) is 9.24. The van der Waals surface area contributed by atoms with Gasteiger partial charge in [-0.05, 0) is 38.1 Å². The normalized spacial score (nSPS) is 19.0. The third-order valence-electron chi connectivity index (χ3n) is 3.91. The smallest absolute Gasteiger partial charge is 0.250 e. The molecule has 1 unspecified atom stereocenters. The lowest BCUT2D eigenvalue weighted by Gasteiger charge is -2.20. The lowest BCUT2D eigenvalue weighted by atomic mass is 10.2. The Labute approximate surface area is 175 Å². The first-order chi connectivity index (χ1) is 11.4. The van der Waals surface area contributed by atoms with Crippen molar-refractivity contribution in [3.8, 4) is 0 Å². The molecule has 4 N–H and O–H groups in total. The van der Waals surface area contributed by atoms with E-state index in [2.05, 4.69) is 26.9 Å². The van der Waals surface area contributed by atoms with Gasteiger partial charge in [0.1, 0.15) is 4.21 Å². The van der Waals surface area contributed by atoms with Gasteiger partial charge in [-0.3, -0.25) is 9.89 Å². The number of hydrogen-bond acceptors (Lipinski definition) is 5. The number of aliphatic imine (C=N–C) groups is 1. The summed E-state index contributed by atoms with van der Waals surface area (Å²) in [5.41, 5.74) is 5.83. The second-order valence-electron chi connectivity index (χ2n) is 5.53. The van der Waals surface area contributed by atoms with E-state index in [0.29, 0.717) is 29.4 Å². The molecule has 11 heteroatoms. The van der Waals surface area contributed by atoms with Crippen molar-refractivity contribution >= 4 is 62.9 Å². The number of nitrogens with one attached hydrogen (secondary N) is 2. The minimum atomic E-state index is -3.52. The van der Waals surface area contributed by atoms with Gasteiger partial charge in [0, 0.05) is 19.1 Å². The molecule has 0 bridgehead atoms. The zero-order valence-electron chi connectivity index (χ0n) is 14.1. The van der Waals surface area contributed by atoms with Crippen molar-refractivity contribution in [1.29, 1.82) is 0 Å². The number of nitrogens with zero attached hydrogens (tertiary/aromatic N) is 2. The fraction of sp³-hybridized carbons (Fsp3) is 0.643. The van der Waals surface area contributed by atoms with Crippen molar-refractivity contribution in [2.75, 3.05) is 32.7 Å². The van der Waals surface area contributed by atoms with Crippen LogP contribution in [0.2, 0.25) is 4.34 Å². The van der Waals surface area contributed by atoms with Gasteiger partial charge in [0.2, 0.25) is 10.0 Å². The van der Waals surface area contributed by atoms with Crippen molar-refractivity contribution in [2.24, 2.45) is 10.7 Å². The highest BCUT2D eigenvalue weighted by Gasteiger charge is 2.22. The number of nitrogens with two attached hydrogens (primary N) is 1. The summed E-state index contributed by atoms with van der Waals surface area (Å²) in [4.78, 5) is 6.75. The summed E-state index contributed by atoms with van der Waals surface area (Å²) in [5.74, 6) is 0.344. The van der Waals surface area contributed by atoms with Gasteiger partial charge in [0.05, 0.1) is 10.9 Å². The molecule has 7 nitrogen and oxygen atoms in total. The van der Waals surface area contributed by atoms with Crippen LogP contribution in [0.4, 0.5) is 0 Å². The molecule has 1 fully saturated rings. The first-order valence-corrected chi connectivity index (χ1v) is 10.6. The highest BCUT2D eigenvalue weighted by molar-refractivity contribution is 14.0. The van der Waals surface area contributed by atoms with Crippen LogP contribution in [0.1, 0.15) is 19.8 Å². The molecule has 2 heterocycles. The van der Waals surface area contributed by atoms with E-state index in [0.717, 1.165) is 30.8 Å². The Morgan fingerprint density at radius 3 is 2.88 bits per heavy atom. The van der Waals surface area contributed by atoms with Crippen molar-refractivity contribution in [2.45, 2.75) is 30.0 Å². The zero-order valence-corrected chi connectivity index (χ0v) is 18.8. The molecule has 2 rings (SSSR count). The number of rotatable bonds is 8. The molecule has 0 spiro atoms. The monoisotopic (exact) mass is 521 g/mol. The first kappa shape index (κ1) is 22.9. The predicted octanol–water partition coefficient (Wildman–Crippen LogP) is 1.69. The Morgan fingerprint density at radius 1 is 1.48 bits per heavy atom. The van der Waals surface area contributed by atoms with Crippen LogP contribution in [0.15, 0.2) is 21.3 Å². The largest absolute Gasteiger partial charge is 0.370 e. The molecule has 1 aliphatic heterocycles. The number of thiophene rings is 1. The van der Waals surface area contributed by atoms with E-state index in [1.54, 1.807) is 6.07 Å². The van der Waals surface area contributed by atoms with Crippen LogP contribution in [-0.2, 0) is 10.0 Å². The SMILES string of the molecule is CCN1CCCC1CN=C(N)NCCNS(=O)(=O)c1ccc(Cl)s1.I. The Balaban J connectivity index is 0.00000312. The highest BCUT2D eigenvalue weighted by atomic mass is 127. The van der Waals surface area contributed by atoms with Gasteiger partial charge in [-0.15, -0.1) is 35.3 Å². The molecule has 0 saturated carbocycles. The fourth-order valence-corrected chi connectivity index (χ4v) is 5.23. The molecule has 1 saturated heterocycles. The number of sulfonamides is 1. The molecule has 25 heavy (non-hydrogen) atoms. The quantitative estimate of drug-likeness (QED) is 0.209. The Morgan fingerprint density at radius 2 is 2.24 bits per heavy atom. The van der Waals surface area contributed by atoms with E-state index in [4.69, 9.17) is 17.3 Å². The third-order valence-corrected chi connectivity index (χ3v) is 7.10. The van der Waals surface area contributed by atoms with E-state index in [9.17, 15) is 8.42 Å². The standard InChI is InChI=1S/C14H24ClN5O2S2.HI/c1-2-20-9-3-4-11(20)10-18-14(16)17-7-8-19-24(21,22)13-6-5-12(15)23-13;/h5-6,11,19H,2-4,7-10H2,1H3,(H3,16,17,18);1H. The van der Waals surface area contributed by atoms with Gasteiger partial charge in [-0.2, -0.15) is 0 Å². The lowest BCUT2D eigenvalue weighted by Crippen LogP contribution is -2.39. The van der Waals surface area contributed by atoms with E-state index in [1.165, 1.54) is 12.5 Å². The summed E-state index contributed by atoms with van der Waals surface area (Å²) in [6.45, 7) is 5.57. The van der Waals surface area contributed by atoms with Crippen LogP contribution in [0, 0.1) is 0 Å². The minimum absolute atomic E-state index is 0. The number of guanidine groups is 1. The molecule has 1 atom stereocenters. The summed E-state index contributed by atoms with van der Waals surface area (Å²) in [6, 6.07) is 3.50. The van der Waals surface area contributed by atoms with Crippen molar-refractivity contribution in [1.82, 2.24) is 14.9 Å². The van der Waals surface area contributed by atoms with Gasteiger partial charge in [0.15, 0.2) is 5.96 Å². The third kappa shape index (κ3) is 7.18. The first-order valence-electron chi connectivity index (χ1n) is 7.95. The van der Waals surface area contributed by atoms with Gasteiger partial charge in [0.25, 0.3) is 0 Å².